The fourth-order valence-electron chi connectivity index (χ4n) is 2.58. The van der Waals surface area contributed by atoms with Gasteiger partial charge in [-0.1, -0.05) is 11.6 Å². The zero-order valence-corrected chi connectivity index (χ0v) is 16.8. The molecule has 1 amide bonds. The Hall–Kier alpha value is -3.78. The van der Waals surface area contributed by atoms with Crippen molar-refractivity contribution in [2.24, 2.45) is 5.10 Å². The third-order valence-electron chi connectivity index (χ3n) is 4.08. The molecule has 0 atom stereocenters. The molecule has 0 radical (unpaired) electrons. The van der Waals surface area contributed by atoms with Crippen LogP contribution in [0.15, 0.2) is 58.0 Å². The van der Waals surface area contributed by atoms with Crippen LogP contribution in [0.4, 0.5) is 0 Å². The van der Waals surface area contributed by atoms with Crippen LogP contribution in [-0.4, -0.2) is 37.4 Å². The lowest BCUT2D eigenvalue weighted by Gasteiger charge is -2.07. The number of halogens is 1. The summed E-state index contributed by atoms with van der Waals surface area (Å²) in [6.07, 6.45) is 1.33. The molecule has 2 aromatic carbocycles. The summed E-state index contributed by atoms with van der Waals surface area (Å²) in [6, 6.07) is 12.6. The molecule has 0 saturated carbocycles. The minimum Gasteiger partial charge on any atom is -0.497 e. The number of rotatable bonds is 7. The first-order valence-corrected chi connectivity index (χ1v) is 8.98. The zero-order valence-electron chi connectivity index (χ0n) is 16.0. The van der Waals surface area contributed by atoms with Crippen molar-refractivity contribution in [2.45, 2.75) is 0 Å². The molecule has 0 aliphatic carbocycles. The second-order valence-electron chi connectivity index (χ2n) is 6.00. The first kappa shape index (κ1) is 20.9. The van der Waals surface area contributed by atoms with E-state index >= 15 is 0 Å². The average Bonchev–Trinajstić information content (AvgIpc) is 3.22. The summed E-state index contributed by atoms with van der Waals surface area (Å²) in [5.74, 6) is 0.150. The summed E-state index contributed by atoms with van der Waals surface area (Å²) in [4.78, 5) is 23.5. The molecular weight excluding hydrogens is 412 g/mol. The van der Waals surface area contributed by atoms with Crippen molar-refractivity contribution in [3.05, 3.63) is 70.4 Å². The Kier molecular flexibility index (Phi) is 6.38. The molecule has 9 heteroatoms. The Labute approximate surface area is 176 Å². The third-order valence-corrected chi connectivity index (χ3v) is 4.41. The fourth-order valence-corrected chi connectivity index (χ4v) is 2.78. The number of benzene rings is 2. The van der Waals surface area contributed by atoms with Crippen LogP contribution in [0.25, 0.3) is 11.3 Å². The number of carbonyl (C=O) groups is 2. The second kappa shape index (κ2) is 9.15. The van der Waals surface area contributed by atoms with Gasteiger partial charge in [-0.2, -0.15) is 5.10 Å². The van der Waals surface area contributed by atoms with E-state index in [1.54, 1.807) is 36.4 Å². The van der Waals surface area contributed by atoms with Crippen LogP contribution >= 0.6 is 11.6 Å². The minimum absolute atomic E-state index is 0.0261. The molecule has 0 bridgehead atoms. The van der Waals surface area contributed by atoms with Gasteiger partial charge in [0.25, 0.3) is 5.91 Å². The van der Waals surface area contributed by atoms with Gasteiger partial charge in [0.2, 0.25) is 0 Å². The number of ether oxygens (including phenoxy) is 2. The molecule has 30 heavy (non-hydrogen) atoms. The normalized spacial score (nSPS) is 10.8. The van der Waals surface area contributed by atoms with Gasteiger partial charge < -0.3 is 19.0 Å². The van der Waals surface area contributed by atoms with Crippen LogP contribution in [0.3, 0.4) is 0 Å². The van der Waals surface area contributed by atoms with Gasteiger partial charge in [0, 0.05) is 17.2 Å². The molecule has 2 N–H and O–H groups in total. The summed E-state index contributed by atoms with van der Waals surface area (Å²) in [5, 5.41) is 13.2. The molecule has 0 fully saturated rings. The van der Waals surface area contributed by atoms with Gasteiger partial charge in [0.1, 0.15) is 23.0 Å². The highest BCUT2D eigenvalue weighted by Crippen LogP contribution is 2.27. The lowest BCUT2D eigenvalue weighted by atomic mass is 10.1. The SMILES string of the molecule is COc1cc(OC)cc(C(=O)N/N=C\c2ccc(-c3ccc(Cl)c(C(=O)O)c3)o2)c1. The molecular formula is C21H17ClN2O6. The van der Waals surface area contributed by atoms with E-state index in [1.807, 2.05) is 0 Å². The maximum Gasteiger partial charge on any atom is 0.337 e. The third kappa shape index (κ3) is 4.79. The van der Waals surface area contributed by atoms with Crippen LogP contribution in [0.5, 0.6) is 11.5 Å². The number of furan rings is 1. The number of hydrogen-bond donors (Lipinski definition) is 2. The Morgan fingerprint density at radius 2 is 1.77 bits per heavy atom. The van der Waals surface area contributed by atoms with Gasteiger partial charge in [-0.25, -0.2) is 10.2 Å². The predicted molar refractivity (Wildman–Crippen MR) is 111 cm³/mol. The maximum atomic E-state index is 12.3. The Bertz CT molecular complexity index is 1100. The predicted octanol–water partition coefficient (Wildman–Crippen LogP) is 4.08. The molecule has 1 heterocycles. The topological polar surface area (TPSA) is 110 Å². The molecule has 0 saturated heterocycles. The van der Waals surface area contributed by atoms with Gasteiger partial charge in [-0.05, 0) is 42.5 Å². The van der Waals surface area contributed by atoms with Crippen LogP contribution in [0.2, 0.25) is 5.02 Å². The summed E-state index contributed by atoms with van der Waals surface area (Å²) >= 11 is 5.88. The summed E-state index contributed by atoms with van der Waals surface area (Å²) in [6.45, 7) is 0. The number of methoxy groups -OCH3 is 2. The lowest BCUT2D eigenvalue weighted by Crippen LogP contribution is -2.17. The summed E-state index contributed by atoms with van der Waals surface area (Å²) in [7, 11) is 2.98. The molecule has 3 rings (SSSR count). The van der Waals surface area contributed by atoms with E-state index in [0.29, 0.717) is 34.1 Å². The molecule has 154 valence electrons. The van der Waals surface area contributed by atoms with E-state index in [1.165, 1.54) is 32.6 Å². The fraction of sp³-hybridized carbons (Fsp3) is 0.0952. The quantitative estimate of drug-likeness (QED) is 0.433. The highest BCUT2D eigenvalue weighted by molar-refractivity contribution is 6.33. The number of nitrogens with one attached hydrogen (secondary N) is 1. The summed E-state index contributed by atoms with van der Waals surface area (Å²) in [5.41, 5.74) is 3.22. The molecule has 0 unspecified atom stereocenters. The Morgan fingerprint density at radius 3 is 2.40 bits per heavy atom. The van der Waals surface area contributed by atoms with Crippen LogP contribution in [0.1, 0.15) is 26.5 Å². The number of nitrogens with zero attached hydrogens (tertiary/aromatic N) is 1. The van der Waals surface area contributed by atoms with E-state index in [0.717, 1.165) is 0 Å². The van der Waals surface area contributed by atoms with Crippen molar-refractivity contribution in [3.63, 3.8) is 0 Å². The van der Waals surface area contributed by atoms with Crippen LogP contribution in [-0.2, 0) is 0 Å². The zero-order chi connectivity index (χ0) is 21.7. The van der Waals surface area contributed by atoms with Crippen molar-refractivity contribution in [3.8, 4) is 22.8 Å². The molecule has 8 nitrogen and oxygen atoms in total. The van der Waals surface area contributed by atoms with Crippen molar-refractivity contribution >= 4 is 29.7 Å². The van der Waals surface area contributed by atoms with Gasteiger partial charge in [-0.15, -0.1) is 0 Å². The van der Waals surface area contributed by atoms with E-state index in [2.05, 4.69) is 10.5 Å². The Balaban J connectivity index is 1.71. The maximum absolute atomic E-state index is 12.3. The van der Waals surface area contributed by atoms with E-state index in [9.17, 15) is 14.7 Å². The van der Waals surface area contributed by atoms with Crippen LogP contribution in [0, 0.1) is 0 Å². The molecule has 0 spiro atoms. The summed E-state index contributed by atoms with van der Waals surface area (Å²) < 4.78 is 15.9. The van der Waals surface area contributed by atoms with Gasteiger partial charge in [0.05, 0.1) is 31.0 Å². The number of carboxylic acids is 1. The van der Waals surface area contributed by atoms with Crippen molar-refractivity contribution in [1.82, 2.24) is 5.43 Å². The van der Waals surface area contributed by atoms with Crippen molar-refractivity contribution < 1.29 is 28.6 Å². The highest BCUT2D eigenvalue weighted by Gasteiger charge is 2.12. The smallest absolute Gasteiger partial charge is 0.337 e. The first-order chi connectivity index (χ1) is 14.4. The van der Waals surface area contributed by atoms with Crippen molar-refractivity contribution in [2.75, 3.05) is 14.2 Å². The van der Waals surface area contributed by atoms with Crippen LogP contribution < -0.4 is 14.9 Å². The lowest BCUT2D eigenvalue weighted by molar-refractivity contribution is 0.0697. The number of aromatic carboxylic acids is 1. The second-order valence-corrected chi connectivity index (χ2v) is 6.41. The first-order valence-electron chi connectivity index (χ1n) is 8.61. The van der Waals surface area contributed by atoms with E-state index in [-0.39, 0.29) is 10.6 Å². The molecule has 3 aromatic rings. The monoisotopic (exact) mass is 428 g/mol. The number of hydrazone groups is 1. The minimum atomic E-state index is -1.13. The van der Waals surface area contributed by atoms with Gasteiger partial charge in [-0.3, -0.25) is 4.79 Å². The van der Waals surface area contributed by atoms with Crippen molar-refractivity contribution in [1.29, 1.82) is 0 Å². The highest BCUT2D eigenvalue weighted by atomic mass is 35.5. The average molecular weight is 429 g/mol. The largest absolute Gasteiger partial charge is 0.497 e. The molecule has 0 aliphatic rings. The number of amides is 1. The number of hydrogen-bond acceptors (Lipinski definition) is 6. The molecule has 0 aliphatic heterocycles. The number of carboxylic acid groups (broad SMARTS) is 1. The van der Waals surface area contributed by atoms with E-state index in [4.69, 9.17) is 25.5 Å². The molecule has 1 aromatic heterocycles. The van der Waals surface area contributed by atoms with Gasteiger partial charge in [0.15, 0.2) is 0 Å². The number of carbonyl (C=O) groups excluding carboxylic acids is 1. The Morgan fingerprint density at radius 1 is 1.07 bits per heavy atom. The van der Waals surface area contributed by atoms with Gasteiger partial charge >= 0.3 is 5.97 Å². The van der Waals surface area contributed by atoms with E-state index < -0.39 is 11.9 Å². The standard InChI is InChI=1S/C21H17ClN2O6/c1-28-15-7-13(8-16(10-15)29-2)20(25)24-23-11-14-4-6-19(30-14)12-3-5-18(22)17(9-12)21(26)27/h3-11H,1-2H3,(H,24,25)(H,26,27)/b23-11-.